The number of urea groups is 1. The molecule has 1 aromatic rings. The second-order valence-corrected chi connectivity index (χ2v) is 4.58. The van der Waals surface area contributed by atoms with Crippen molar-refractivity contribution in [3.05, 3.63) is 30.3 Å². The van der Waals surface area contributed by atoms with E-state index in [9.17, 15) is 4.79 Å². The highest BCUT2D eigenvalue weighted by molar-refractivity contribution is 5.95. The van der Waals surface area contributed by atoms with Gasteiger partial charge in [-0.05, 0) is 32.9 Å². The maximum Gasteiger partial charge on any atom is 0.325 e. The van der Waals surface area contributed by atoms with Gasteiger partial charge in [0, 0.05) is 18.3 Å². The van der Waals surface area contributed by atoms with Crippen LogP contribution in [0.4, 0.5) is 10.5 Å². The Balaban J connectivity index is 2.27. The smallest absolute Gasteiger partial charge is 0.320 e. The third kappa shape index (κ3) is 1.77. The standard InChI is InChI=1S/C13H18N2O/c1-10(2)14-9-11(3)15(13(14)16)12-7-5-4-6-8-12/h4-8,10-11H,9H2,1-3H3. The van der Waals surface area contributed by atoms with Crippen molar-refractivity contribution in [2.75, 3.05) is 11.4 Å². The molecule has 1 heterocycles. The lowest BCUT2D eigenvalue weighted by Gasteiger charge is -2.22. The Bertz CT molecular complexity index is 375. The summed E-state index contributed by atoms with van der Waals surface area (Å²) in [4.78, 5) is 16.0. The van der Waals surface area contributed by atoms with Crippen molar-refractivity contribution in [1.29, 1.82) is 0 Å². The van der Waals surface area contributed by atoms with Gasteiger partial charge in [-0.2, -0.15) is 0 Å². The Kier molecular flexibility index (Phi) is 2.86. The normalized spacial score (nSPS) is 21.0. The van der Waals surface area contributed by atoms with Crippen LogP contribution in [0.25, 0.3) is 0 Å². The SMILES string of the molecule is CC(C)N1CC(C)N(c2ccccc2)C1=O. The van der Waals surface area contributed by atoms with Crippen LogP contribution in [-0.4, -0.2) is 29.6 Å². The zero-order valence-corrected chi connectivity index (χ0v) is 10.1. The van der Waals surface area contributed by atoms with Gasteiger partial charge in [0.1, 0.15) is 0 Å². The highest BCUT2D eigenvalue weighted by atomic mass is 16.2. The summed E-state index contributed by atoms with van der Waals surface area (Å²) in [5.74, 6) is 0. The fraction of sp³-hybridized carbons (Fsp3) is 0.462. The lowest BCUT2D eigenvalue weighted by Crippen LogP contribution is -2.36. The first-order chi connectivity index (χ1) is 7.61. The van der Waals surface area contributed by atoms with Crippen LogP contribution in [0.15, 0.2) is 30.3 Å². The van der Waals surface area contributed by atoms with Crippen molar-refractivity contribution < 1.29 is 4.79 Å². The minimum absolute atomic E-state index is 0.119. The second kappa shape index (κ2) is 4.16. The Morgan fingerprint density at radius 2 is 1.88 bits per heavy atom. The number of hydrogen-bond acceptors (Lipinski definition) is 1. The molecular formula is C13H18N2O. The van der Waals surface area contributed by atoms with Crippen LogP contribution in [0.2, 0.25) is 0 Å². The Hall–Kier alpha value is -1.51. The van der Waals surface area contributed by atoms with Gasteiger partial charge in [0.05, 0.1) is 6.04 Å². The van der Waals surface area contributed by atoms with Crippen molar-refractivity contribution in [2.45, 2.75) is 32.9 Å². The quantitative estimate of drug-likeness (QED) is 0.748. The molecule has 0 aromatic heterocycles. The number of hydrogen-bond donors (Lipinski definition) is 0. The van der Waals surface area contributed by atoms with Crippen LogP contribution in [0.1, 0.15) is 20.8 Å². The number of anilines is 1. The van der Waals surface area contributed by atoms with E-state index in [0.717, 1.165) is 12.2 Å². The van der Waals surface area contributed by atoms with Gasteiger partial charge in [-0.15, -0.1) is 0 Å². The molecule has 3 heteroatoms. The van der Waals surface area contributed by atoms with Crippen LogP contribution in [0.3, 0.4) is 0 Å². The summed E-state index contributed by atoms with van der Waals surface area (Å²) >= 11 is 0. The molecule has 1 saturated heterocycles. The summed E-state index contributed by atoms with van der Waals surface area (Å²) in [7, 11) is 0. The van der Waals surface area contributed by atoms with Crippen molar-refractivity contribution >= 4 is 11.7 Å². The van der Waals surface area contributed by atoms with E-state index in [4.69, 9.17) is 0 Å². The molecule has 0 bridgehead atoms. The molecule has 1 aliphatic rings. The van der Waals surface area contributed by atoms with Crippen LogP contribution in [-0.2, 0) is 0 Å². The summed E-state index contributed by atoms with van der Waals surface area (Å²) in [6.45, 7) is 7.01. The van der Waals surface area contributed by atoms with Gasteiger partial charge in [-0.1, -0.05) is 18.2 Å². The number of benzene rings is 1. The first-order valence-corrected chi connectivity index (χ1v) is 5.76. The average Bonchev–Trinajstić information content (AvgIpc) is 2.56. The van der Waals surface area contributed by atoms with Gasteiger partial charge < -0.3 is 4.90 Å². The number of para-hydroxylation sites is 1. The van der Waals surface area contributed by atoms with Crippen molar-refractivity contribution in [3.63, 3.8) is 0 Å². The molecule has 0 N–H and O–H groups in total. The van der Waals surface area contributed by atoms with Crippen molar-refractivity contribution in [1.82, 2.24) is 4.90 Å². The average molecular weight is 218 g/mol. The van der Waals surface area contributed by atoms with Gasteiger partial charge in [-0.3, -0.25) is 4.90 Å². The number of carbonyl (C=O) groups excluding carboxylic acids is 1. The van der Waals surface area contributed by atoms with E-state index in [1.165, 1.54) is 0 Å². The molecule has 2 rings (SSSR count). The largest absolute Gasteiger partial charge is 0.325 e. The molecule has 2 amide bonds. The lowest BCUT2D eigenvalue weighted by atomic mass is 10.2. The third-order valence-electron chi connectivity index (χ3n) is 3.01. The van der Waals surface area contributed by atoms with Crippen LogP contribution >= 0.6 is 0 Å². The van der Waals surface area contributed by atoms with E-state index in [0.29, 0.717) is 0 Å². The molecule has 1 fully saturated rings. The fourth-order valence-corrected chi connectivity index (χ4v) is 2.16. The van der Waals surface area contributed by atoms with E-state index in [1.54, 1.807) is 0 Å². The van der Waals surface area contributed by atoms with Gasteiger partial charge in [0.15, 0.2) is 0 Å². The fourth-order valence-electron chi connectivity index (χ4n) is 2.16. The van der Waals surface area contributed by atoms with E-state index in [1.807, 2.05) is 40.1 Å². The highest BCUT2D eigenvalue weighted by Gasteiger charge is 2.36. The summed E-state index contributed by atoms with van der Waals surface area (Å²) in [6.07, 6.45) is 0. The molecule has 1 aromatic carbocycles. The second-order valence-electron chi connectivity index (χ2n) is 4.58. The third-order valence-corrected chi connectivity index (χ3v) is 3.01. The maximum atomic E-state index is 12.2. The van der Waals surface area contributed by atoms with E-state index in [2.05, 4.69) is 20.8 Å². The van der Waals surface area contributed by atoms with Crippen LogP contribution in [0, 0.1) is 0 Å². The lowest BCUT2D eigenvalue weighted by molar-refractivity contribution is 0.208. The maximum absolute atomic E-state index is 12.2. The zero-order chi connectivity index (χ0) is 11.7. The van der Waals surface area contributed by atoms with Crippen molar-refractivity contribution in [3.8, 4) is 0 Å². The van der Waals surface area contributed by atoms with Gasteiger partial charge >= 0.3 is 6.03 Å². The summed E-state index contributed by atoms with van der Waals surface area (Å²) < 4.78 is 0. The molecule has 0 spiro atoms. The zero-order valence-electron chi connectivity index (χ0n) is 10.1. The molecule has 86 valence electrons. The van der Waals surface area contributed by atoms with E-state index < -0.39 is 0 Å². The minimum atomic E-state index is 0.119. The molecule has 3 nitrogen and oxygen atoms in total. The van der Waals surface area contributed by atoms with Crippen LogP contribution in [0.5, 0.6) is 0 Å². The summed E-state index contributed by atoms with van der Waals surface area (Å²) in [6, 6.07) is 10.5. The predicted octanol–water partition coefficient (Wildman–Crippen LogP) is 2.73. The summed E-state index contributed by atoms with van der Waals surface area (Å²) in [5.41, 5.74) is 0.989. The molecule has 1 atom stereocenters. The Morgan fingerprint density at radius 3 is 2.38 bits per heavy atom. The summed E-state index contributed by atoms with van der Waals surface area (Å²) in [5, 5.41) is 0. The molecule has 16 heavy (non-hydrogen) atoms. The number of rotatable bonds is 2. The number of nitrogens with zero attached hydrogens (tertiary/aromatic N) is 2. The molecule has 0 radical (unpaired) electrons. The monoisotopic (exact) mass is 218 g/mol. The topological polar surface area (TPSA) is 23.6 Å². The highest BCUT2D eigenvalue weighted by Crippen LogP contribution is 2.25. The Morgan fingerprint density at radius 1 is 1.25 bits per heavy atom. The first-order valence-electron chi connectivity index (χ1n) is 5.76. The predicted molar refractivity (Wildman–Crippen MR) is 65.6 cm³/mol. The van der Waals surface area contributed by atoms with Crippen LogP contribution < -0.4 is 4.90 Å². The molecule has 0 aliphatic carbocycles. The van der Waals surface area contributed by atoms with Crippen molar-refractivity contribution in [2.24, 2.45) is 0 Å². The van der Waals surface area contributed by atoms with Gasteiger partial charge in [0.2, 0.25) is 0 Å². The molecular weight excluding hydrogens is 200 g/mol. The minimum Gasteiger partial charge on any atom is -0.320 e. The van der Waals surface area contributed by atoms with E-state index >= 15 is 0 Å². The first kappa shape index (κ1) is 11.0. The van der Waals surface area contributed by atoms with Gasteiger partial charge in [-0.25, -0.2) is 4.79 Å². The Labute approximate surface area is 96.7 Å². The molecule has 1 aliphatic heterocycles. The number of amides is 2. The van der Waals surface area contributed by atoms with Gasteiger partial charge in [0.25, 0.3) is 0 Å². The molecule has 0 saturated carbocycles. The molecule has 1 unspecified atom stereocenters. The van der Waals surface area contributed by atoms with E-state index in [-0.39, 0.29) is 18.1 Å². The number of carbonyl (C=O) groups is 1.